The molecule has 9 heteroatoms. The van der Waals surface area contributed by atoms with Crippen molar-refractivity contribution in [1.29, 1.82) is 0 Å². The van der Waals surface area contributed by atoms with Crippen molar-refractivity contribution in [2.45, 2.75) is 6.42 Å². The fourth-order valence-corrected chi connectivity index (χ4v) is 5.50. The third kappa shape index (κ3) is 3.92. The Morgan fingerprint density at radius 3 is 2.62 bits per heavy atom. The van der Waals surface area contributed by atoms with Gasteiger partial charge in [0, 0.05) is 28.7 Å². The molecule has 0 unspecified atom stereocenters. The number of hydrogen-bond acceptors (Lipinski definition) is 6. The zero-order chi connectivity index (χ0) is 22.3. The van der Waals surface area contributed by atoms with E-state index in [0.29, 0.717) is 18.7 Å². The number of carbonyl (C=O) groups excluding carboxylic acids is 1. The van der Waals surface area contributed by atoms with E-state index in [9.17, 15) is 13.2 Å². The predicted octanol–water partition coefficient (Wildman–Crippen LogP) is 4.64. The molecule has 0 fully saturated rings. The van der Waals surface area contributed by atoms with E-state index in [0.717, 1.165) is 33.1 Å². The maximum absolute atomic E-state index is 12.1. The lowest BCUT2D eigenvalue weighted by Gasteiger charge is -2.16. The highest BCUT2D eigenvalue weighted by Gasteiger charge is 2.26. The molecule has 0 bridgehead atoms. The van der Waals surface area contributed by atoms with E-state index in [4.69, 9.17) is 9.40 Å². The summed E-state index contributed by atoms with van der Waals surface area (Å²) in [6.07, 6.45) is 3.38. The average molecular weight is 466 g/mol. The number of fused-ring (bicyclic) bond motifs is 1. The lowest BCUT2D eigenvalue weighted by molar-refractivity contribution is 0.0996. The minimum Gasteiger partial charge on any atom is -0.459 e. The van der Waals surface area contributed by atoms with Gasteiger partial charge in [0.25, 0.3) is 5.91 Å². The number of aromatic nitrogens is 1. The van der Waals surface area contributed by atoms with Gasteiger partial charge in [-0.2, -0.15) is 0 Å². The summed E-state index contributed by atoms with van der Waals surface area (Å²) < 4.78 is 30.4. The molecule has 162 valence electrons. The highest BCUT2D eigenvalue weighted by atomic mass is 32.2. The van der Waals surface area contributed by atoms with Crippen LogP contribution >= 0.6 is 11.3 Å². The summed E-state index contributed by atoms with van der Waals surface area (Å²) in [4.78, 5) is 16.9. The second-order valence-corrected chi connectivity index (χ2v) is 10.2. The first-order valence-corrected chi connectivity index (χ1v) is 12.6. The molecule has 2 aromatic carbocycles. The second kappa shape index (κ2) is 7.92. The number of furan rings is 1. The van der Waals surface area contributed by atoms with Crippen LogP contribution in [0.15, 0.2) is 70.7 Å². The smallest absolute Gasteiger partial charge is 0.291 e. The Bertz CT molecular complexity index is 1390. The fourth-order valence-electron chi connectivity index (χ4n) is 3.71. The summed E-state index contributed by atoms with van der Waals surface area (Å²) in [7, 11) is -3.26. The first-order chi connectivity index (χ1) is 15.4. The molecule has 1 aliphatic heterocycles. The van der Waals surface area contributed by atoms with Gasteiger partial charge in [0.05, 0.1) is 23.9 Å². The van der Waals surface area contributed by atoms with Gasteiger partial charge in [0.1, 0.15) is 5.01 Å². The van der Waals surface area contributed by atoms with Gasteiger partial charge in [-0.25, -0.2) is 13.4 Å². The molecule has 0 atom stereocenters. The second-order valence-electron chi connectivity index (χ2n) is 7.48. The number of anilines is 2. The van der Waals surface area contributed by atoms with Crippen molar-refractivity contribution in [2.75, 3.05) is 22.4 Å². The van der Waals surface area contributed by atoms with Crippen LogP contribution in [-0.2, 0) is 16.4 Å². The minimum absolute atomic E-state index is 0.257. The summed E-state index contributed by atoms with van der Waals surface area (Å²) in [5.41, 5.74) is 5.19. The van der Waals surface area contributed by atoms with Gasteiger partial charge in [-0.3, -0.25) is 9.10 Å². The molecule has 0 aliphatic carbocycles. The van der Waals surface area contributed by atoms with Gasteiger partial charge >= 0.3 is 0 Å². The first kappa shape index (κ1) is 20.5. The van der Waals surface area contributed by atoms with Crippen LogP contribution in [0.25, 0.3) is 21.8 Å². The number of benzene rings is 2. The van der Waals surface area contributed by atoms with Gasteiger partial charge in [-0.1, -0.05) is 6.07 Å². The van der Waals surface area contributed by atoms with Crippen molar-refractivity contribution in [2.24, 2.45) is 0 Å². The van der Waals surface area contributed by atoms with Gasteiger partial charge in [0.15, 0.2) is 5.76 Å². The molecule has 5 rings (SSSR count). The number of carbonyl (C=O) groups is 1. The van der Waals surface area contributed by atoms with Crippen LogP contribution in [0.1, 0.15) is 16.1 Å². The minimum atomic E-state index is -3.26. The molecule has 1 aliphatic rings. The Balaban J connectivity index is 1.34. The predicted molar refractivity (Wildman–Crippen MR) is 126 cm³/mol. The summed E-state index contributed by atoms with van der Waals surface area (Å²) in [6, 6.07) is 16.5. The third-order valence-electron chi connectivity index (χ3n) is 5.27. The van der Waals surface area contributed by atoms with Gasteiger partial charge in [0.2, 0.25) is 10.0 Å². The van der Waals surface area contributed by atoms with E-state index in [1.165, 1.54) is 28.2 Å². The van der Waals surface area contributed by atoms with Crippen molar-refractivity contribution >= 4 is 38.6 Å². The Morgan fingerprint density at radius 1 is 1.12 bits per heavy atom. The molecule has 7 nitrogen and oxygen atoms in total. The molecule has 4 aromatic rings. The first-order valence-electron chi connectivity index (χ1n) is 9.90. The number of amides is 1. The maximum Gasteiger partial charge on any atom is 0.291 e. The Labute approximate surface area is 189 Å². The van der Waals surface area contributed by atoms with Gasteiger partial charge in [-0.05, 0) is 60.5 Å². The highest BCUT2D eigenvalue weighted by molar-refractivity contribution is 7.92. The van der Waals surface area contributed by atoms with Crippen LogP contribution in [0.2, 0.25) is 0 Å². The van der Waals surface area contributed by atoms with Crippen LogP contribution < -0.4 is 9.62 Å². The highest BCUT2D eigenvalue weighted by Crippen LogP contribution is 2.35. The van der Waals surface area contributed by atoms with Crippen LogP contribution in [0.5, 0.6) is 0 Å². The molecule has 0 saturated carbocycles. The van der Waals surface area contributed by atoms with E-state index < -0.39 is 10.0 Å². The largest absolute Gasteiger partial charge is 0.459 e. The van der Waals surface area contributed by atoms with Crippen LogP contribution in [-0.4, -0.2) is 32.1 Å². The van der Waals surface area contributed by atoms with E-state index in [-0.39, 0.29) is 11.7 Å². The molecular weight excluding hydrogens is 446 g/mol. The van der Waals surface area contributed by atoms with Crippen molar-refractivity contribution in [3.8, 4) is 21.8 Å². The quantitative estimate of drug-likeness (QED) is 0.463. The Kier molecular flexibility index (Phi) is 5.07. The molecule has 0 saturated heterocycles. The molecule has 32 heavy (non-hydrogen) atoms. The number of sulfonamides is 1. The van der Waals surface area contributed by atoms with Crippen LogP contribution in [0.3, 0.4) is 0 Å². The molecule has 0 spiro atoms. The molecule has 1 amide bonds. The summed E-state index contributed by atoms with van der Waals surface area (Å²) in [6.45, 7) is 0.475. The Morgan fingerprint density at radius 2 is 1.91 bits per heavy atom. The number of nitrogens with one attached hydrogen (secondary N) is 1. The SMILES string of the molecule is CS(=O)(=O)N1CCc2cc(-c3csc(-c4ccc(NC(=O)c5ccco5)cc4)n3)ccc21. The lowest BCUT2D eigenvalue weighted by atomic mass is 10.1. The summed E-state index contributed by atoms with van der Waals surface area (Å²) >= 11 is 1.53. The number of hydrogen-bond donors (Lipinski definition) is 1. The van der Waals surface area contributed by atoms with E-state index >= 15 is 0 Å². The summed E-state index contributed by atoms with van der Waals surface area (Å²) in [5, 5.41) is 5.65. The zero-order valence-corrected chi connectivity index (χ0v) is 18.7. The monoisotopic (exact) mass is 465 g/mol. The van der Waals surface area contributed by atoms with E-state index in [2.05, 4.69) is 5.32 Å². The van der Waals surface area contributed by atoms with Crippen LogP contribution in [0, 0.1) is 0 Å². The zero-order valence-electron chi connectivity index (χ0n) is 17.1. The molecular formula is C23H19N3O4S2. The molecule has 2 aromatic heterocycles. The molecule has 1 N–H and O–H groups in total. The standard InChI is InChI=1S/C23H19N3O4S2/c1-32(28,29)26-11-10-17-13-16(6-9-20(17)26)19-14-31-23(25-19)15-4-7-18(8-5-15)24-22(27)21-3-2-12-30-21/h2-9,12-14H,10-11H2,1H3,(H,24,27). The molecule has 3 heterocycles. The topological polar surface area (TPSA) is 92.5 Å². The third-order valence-corrected chi connectivity index (χ3v) is 7.34. The number of rotatable bonds is 5. The van der Waals surface area contributed by atoms with E-state index in [1.54, 1.807) is 12.1 Å². The van der Waals surface area contributed by atoms with E-state index in [1.807, 2.05) is 47.8 Å². The number of thiazole rings is 1. The summed E-state index contributed by atoms with van der Waals surface area (Å²) in [5.74, 6) is -0.0435. The van der Waals surface area contributed by atoms with Crippen molar-refractivity contribution < 1.29 is 17.6 Å². The van der Waals surface area contributed by atoms with Crippen molar-refractivity contribution in [1.82, 2.24) is 4.98 Å². The van der Waals surface area contributed by atoms with Gasteiger partial charge < -0.3 is 9.73 Å². The van der Waals surface area contributed by atoms with Gasteiger partial charge in [-0.15, -0.1) is 11.3 Å². The van der Waals surface area contributed by atoms with Crippen molar-refractivity contribution in [3.05, 3.63) is 77.6 Å². The molecule has 0 radical (unpaired) electrons. The fraction of sp³-hybridized carbons (Fsp3) is 0.130. The number of nitrogens with zero attached hydrogens (tertiary/aromatic N) is 2. The normalized spacial score (nSPS) is 13.2. The average Bonchev–Trinajstić information content (AvgIpc) is 3.53. The van der Waals surface area contributed by atoms with Crippen molar-refractivity contribution in [3.63, 3.8) is 0 Å². The maximum atomic E-state index is 12.1. The lowest BCUT2D eigenvalue weighted by Crippen LogP contribution is -2.27. The Hall–Kier alpha value is -3.43. The van der Waals surface area contributed by atoms with Crippen LogP contribution in [0.4, 0.5) is 11.4 Å².